The molecule has 1 heterocycles. The summed E-state index contributed by atoms with van der Waals surface area (Å²) in [4.78, 5) is 9.42. The minimum absolute atomic E-state index is 0.518. The molecule has 0 amide bonds. The van der Waals surface area contributed by atoms with E-state index in [4.69, 9.17) is 4.84 Å². The second-order valence-corrected chi connectivity index (χ2v) is 3.74. The van der Waals surface area contributed by atoms with Crippen LogP contribution in [0.4, 0.5) is 0 Å². The molecule has 0 aromatic carbocycles. The predicted molar refractivity (Wildman–Crippen MR) is 54.9 cm³/mol. The normalized spacial score (nSPS) is 18.0. The van der Waals surface area contributed by atoms with Crippen LogP contribution in [0.2, 0.25) is 0 Å². The molecule has 3 nitrogen and oxygen atoms in total. The second kappa shape index (κ2) is 4.96. The standard InChI is InChI=1S/C11H16N2O/c1-2-5-10(6-3-1)13-14-11-7-4-8-12-9-11/h4,7-10,13H,1-3,5-6H2. The lowest BCUT2D eigenvalue weighted by Crippen LogP contribution is -2.33. The molecule has 0 bridgehead atoms. The van der Waals surface area contributed by atoms with Crippen LogP contribution in [0.3, 0.4) is 0 Å². The number of nitrogens with one attached hydrogen (secondary N) is 1. The van der Waals surface area contributed by atoms with Gasteiger partial charge in [0.05, 0.1) is 6.20 Å². The van der Waals surface area contributed by atoms with Crippen LogP contribution >= 0.6 is 0 Å². The Hall–Kier alpha value is -1.09. The van der Waals surface area contributed by atoms with Crippen LogP contribution in [-0.4, -0.2) is 11.0 Å². The van der Waals surface area contributed by atoms with Crippen LogP contribution in [0.1, 0.15) is 32.1 Å². The highest BCUT2D eigenvalue weighted by molar-refractivity contribution is 5.14. The molecule has 0 aliphatic heterocycles. The summed E-state index contributed by atoms with van der Waals surface area (Å²) in [7, 11) is 0. The molecule has 1 aliphatic carbocycles. The zero-order valence-corrected chi connectivity index (χ0v) is 8.28. The highest BCUT2D eigenvalue weighted by Gasteiger charge is 2.13. The Balaban J connectivity index is 1.76. The highest BCUT2D eigenvalue weighted by atomic mass is 16.6. The Bertz CT molecular complexity index is 257. The number of hydroxylamine groups is 1. The fourth-order valence-electron chi connectivity index (χ4n) is 1.78. The van der Waals surface area contributed by atoms with Crippen LogP contribution in [0.25, 0.3) is 0 Å². The zero-order chi connectivity index (χ0) is 9.64. The van der Waals surface area contributed by atoms with Gasteiger partial charge in [0.15, 0.2) is 5.75 Å². The molecule has 1 aromatic heterocycles. The summed E-state index contributed by atoms with van der Waals surface area (Å²) < 4.78 is 0. The molecule has 1 N–H and O–H groups in total. The molecule has 1 fully saturated rings. The van der Waals surface area contributed by atoms with Gasteiger partial charge in [-0.1, -0.05) is 19.3 Å². The molecule has 0 spiro atoms. The third-order valence-electron chi connectivity index (χ3n) is 2.58. The largest absolute Gasteiger partial charge is 0.407 e. The number of nitrogens with zero attached hydrogens (tertiary/aromatic N) is 1. The first kappa shape index (κ1) is 9.46. The number of aromatic nitrogens is 1. The smallest absolute Gasteiger partial charge is 0.165 e. The van der Waals surface area contributed by atoms with Crippen molar-refractivity contribution in [2.75, 3.05) is 0 Å². The average Bonchev–Trinajstić information content (AvgIpc) is 2.29. The maximum Gasteiger partial charge on any atom is 0.165 e. The van der Waals surface area contributed by atoms with Gasteiger partial charge in [-0.3, -0.25) is 4.98 Å². The van der Waals surface area contributed by atoms with Gasteiger partial charge >= 0.3 is 0 Å². The van der Waals surface area contributed by atoms with Crippen molar-refractivity contribution in [2.45, 2.75) is 38.1 Å². The van der Waals surface area contributed by atoms with E-state index in [1.165, 1.54) is 32.1 Å². The van der Waals surface area contributed by atoms with E-state index < -0.39 is 0 Å². The van der Waals surface area contributed by atoms with Crippen LogP contribution < -0.4 is 10.3 Å². The van der Waals surface area contributed by atoms with Crippen LogP contribution in [0.15, 0.2) is 24.5 Å². The summed E-state index contributed by atoms with van der Waals surface area (Å²) in [5.74, 6) is 0.790. The van der Waals surface area contributed by atoms with E-state index in [2.05, 4.69) is 10.5 Å². The Labute approximate surface area is 84.5 Å². The van der Waals surface area contributed by atoms with Crippen molar-refractivity contribution in [3.63, 3.8) is 0 Å². The molecule has 2 rings (SSSR count). The predicted octanol–water partition coefficient (Wildman–Crippen LogP) is 2.30. The van der Waals surface area contributed by atoms with Gasteiger partial charge in [-0.15, -0.1) is 0 Å². The van der Waals surface area contributed by atoms with Crippen molar-refractivity contribution in [3.8, 4) is 5.75 Å². The van der Waals surface area contributed by atoms with Crippen molar-refractivity contribution in [1.29, 1.82) is 0 Å². The molecule has 76 valence electrons. The summed E-state index contributed by atoms with van der Waals surface area (Å²) >= 11 is 0. The topological polar surface area (TPSA) is 34.1 Å². The molecule has 1 saturated carbocycles. The maximum atomic E-state index is 5.43. The Morgan fingerprint density at radius 2 is 2.14 bits per heavy atom. The molecule has 0 radical (unpaired) electrons. The van der Waals surface area contributed by atoms with E-state index in [1.807, 2.05) is 12.1 Å². The molecular formula is C11H16N2O. The molecule has 1 aliphatic rings. The lowest BCUT2D eigenvalue weighted by atomic mass is 9.96. The SMILES string of the molecule is c1cncc(ONC2CCCCC2)c1. The second-order valence-electron chi connectivity index (χ2n) is 3.74. The molecule has 0 saturated heterocycles. The minimum atomic E-state index is 0.518. The summed E-state index contributed by atoms with van der Waals surface area (Å²) in [5.41, 5.74) is 3.10. The third kappa shape index (κ3) is 2.70. The minimum Gasteiger partial charge on any atom is -0.407 e. The van der Waals surface area contributed by atoms with E-state index in [9.17, 15) is 0 Å². The van der Waals surface area contributed by atoms with Crippen molar-refractivity contribution in [1.82, 2.24) is 10.5 Å². The lowest BCUT2D eigenvalue weighted by molar-refractivity contribution is 0.132. The van der Waals surface area contributed by atoms with E-state index in [1.54, 1.807) is 12.4 Å². The van der Waals surface area contributed by atoms with Crippen molar-refractivity contribution in [3.05, 3.63) is 24.5 Å². The Morgan fingerprint density at radius 1 is 1.29 bits per heavy atom. The summed E-state index contributed by atoms with van der Waals surface area (Å²) in [6, 6.07) is 4.30. The summed E-state index contributed by atoms with van der Waals surface area (Å²) in [6.07, 6.45) is 9.90. The maximum absolute atomic E-state index is 5.43. The summed E-state index contributed by atoms with van der Waals surface area (Å²) in [5, 5.41) is 0. The van der Waals surface area contributed by atoms with Gasteiger partial charge in [-0.2, -0.15) is 5.48 Å². The van der Waals surface area contributed by atoms with Gasteiger partial charge < -0.3 is 4.84 Å². The average molecular weight is 192 g/mol. The number of hydrogen-bond donors (Lipinski definition) is 1. The third-order valence-corrected chi connectivity index (χ3v) is 2.58. The first-order chi connectivity index (χ1) is 6.95. The fourth-order valence-corrected chi connectivity index (χ4v) is 1.78. The van der Waals surface area contributed by atoms with E-state index in [-0.39, 0.29) is 0 Å². The lowest BCUT2D eigenvalue weighted by Gasteiger charge is -2.22. The number of rotatable bonds is 3. The number of hydrogen-bond acceptors (Lipinski definition) is 3. The molecule has 0 unspecified atom stereocenters. The Kier molecular flexibility index (Phi) is 3.35. The van der Waals surface area contributed by atoms with Gasteiger partial charge in [-0.05, 0) is 25.0 Å². The van der Waals surface area contributed by atoms with Gasteiger partial charge in [-0.25, -0.2) is 0 Å². The first-order valence-corrected chi connectivity index (χ1v) is 5.27. The van der Waals surface area contributed by atoms with Crippen LogP contribution in [0, 0.1) is 0 Å². The van der Waals surface area contributed by atoms with E-state index >= 15 is 0 Å². The summed E-state index contributed by atoms with van der Waals surface area (Å²) in [6.45, 7) is 0. The van der Waals surface area contributed by atoms with Gasteiger partial charge in [0.25, 0.3) is 0 Å². The fraction of sp³-hybridized carbons (Fsp3) is 0.545. The van der Waals surface area contributed by atoms with Gasteiger partial charge in [0, 0.05) is 12.2 Å². The molecule has 0 atom stereocenters. The van der Waals surface area contributed by atoms with E-state index in [0.29, 0.717) is 6.04 Å². The molecular weight excluding hydrogens is 176 g/mol. The monoisotopic (exact) mass is 192 g/mol. The molecule has 3 heteroatoms. The van der Waals surface area contributed by atoms with Crippen LogP contribution in [0.5, 0.6) is 5.75 Å². The quantitative estimate of drug-likeness (QED) is 0.746. The van der Waals surface area contributed by atoms with Crippen molar-refractivity contribution >= 4 is 0 Å². The van der Waals surface area contributed by atoms with Crippen molar-refractivity contribution < 1.29 is 4.84 Å². The number of pyridine rings is 1. The van der Waals surface area contributed by atoms with Crippen molar-refractivity contribution in [2.24, 2.45) is 0 Å². The first-order valence-electron chi connectivity index (χ1n) is 5.27. The zero-order valence-electron chi connectivity index (χ0n) is 8.28. The molecule has 14 heavy (non-hydrogen) atoms. The highest BCUT2D eigenvalue weighted by Crippen LogP contribution is 2.17. The Morgan fingerprint density at radius 3 is 2.86 bits per heavy atom. The van der Waals surface area contributed by atoms with E-state index in [0.717, 1.165) is 5.75 Å². The molecule has 1 aromatic rings. The van der Waals surface area contributed by atoms with Crippen LogP contribution in [-0.2, 0) is 0 Å². The van der Waals surface area contributed by atoms with Gasteiger partial charge in [0.1, 0.15) is 0 Å². The van der Waals surface area contributed by atoms with Gasteiger partial charge in [0.2, 0.25) is 0 Å².